The number of rotatable bonds is 3. The molecule has 0 aliphatic carbocycles. The number of fused-ring (bicyclic) bond motifs is 2. The Kier molecular flexibility index (Phi) is 4.07. The van der Waals surface area contributed by atoms with Crippen molar-refractivity contribution in [3.63, 3.8) is 0 Å². The molecular weight excluding hydrogens is 360 g/mol. The summed E-state index contributed by atoms with van der Waals surface area (Å²) in [5.41, 5.74) is 2.12. The van der Waals surface area contributed by atoms with E-state index in [2.05, 4.69) is 20.4 Å². The van der Waals surface area contributed by atoms with Gasteiger partial charge >= 0.3 is 11.1 Å². The average molecular weight is 378 g/mol. The van der Waals surface area contributed by atoms with Gasteiger partial charge in [-0.1, -0.05) is 0 Å². The van der Waals surface area contributed by atoms with Crippen LogP contribution >= 0.6 is 0 Å². The predicted molar refractivity (Wildman–Crippen MR) is 106 cm³/mol. The summed E-state index contributed by atoms with van der Waals surface area (Å²) in [4.78, 5) is 43.3. The molecule has 9 nitrogen and oxygen atoms in total. The first-order valence-corrected chi connectivity index (χ1v) is 8.76. The summed E-state index contributed by atoms with van der Waals surface area (Å²) in [5.74, 6) is -0.348. The fourth-order valence-corrected chi connectivity index (χ4v) is 3.31. The highest BCUT2D eigenvalue weighted by molar-refractivity contribution is 6.06. The lowest BCUT2D eigenvalue weighted by atomic mass is 10.1. The normalized spacial score (nSPS) is 11.2. The molecule has 4 aromatic rings. The molecule has 2 N–H and O–H groups in total. The van der Waals surface area contributed by atoms with E-state index in [-0.39, 0.29) is 5.91 Å². The van der Waals surface area contributed by atoms with Gasteiger partial charge < -0.3 is 14.9 Å². The lowest BCUT2D eigenvalue weighted by Crippen LogP contribution is -2.36. The number of aryl methyl sites for hydroxylation is 3. The summed E-state index contributed by atoms with van der Waals surface area (Å²) in [7, 11) is 1.81. The minimum atomic E-state index is -0.714. The third-order valence-corrected chi connectivity index (χ3v) is 4.67. The Morgan fingerprint density at radius 3 is 2.79 bits per heavy atom. The number of hydrogen-bond donors (Lipinski definition) is 2. The number of aromatic nitrogens is 5. The van der Waals surface area contributed by atoms with E-state index in [1.165, 1.54) is 4.57 Å². The zero-order chi connectivity index (χ0) is 20.0. The second-order valence-corrected chi connectivity index (χ2v) is 6.49. The Bertz CT molecular complexity index is 1360. The molecule has 3 heterocycles. The van der Waals surface area contributed by atoms with Crippen LogP contribution in [0.3, 0.4) is 0 Å². The topological polar surface area (TPSA) is 115 Å². The molecule has 0 fully saturated rings. The van der Waals surface area contributed by atoms with Crippen LogP contribution in [0.15, 0.2) is 40.1 Å². The molecule has 3 aromatic heterocycles. The Hall–Kier alpha value is -3.75. The number of amides is 1. The van der Waals surface area contributed by atoms with Crippen molar-refractivity contribution in [1.82, 2.24) is 24.3 Å². The molecule has 0 bridgehead atoms. The second kappa shape index (κ2) is 6.45. The minimum absolute atomic E-state index is 0.348. The molecule has 0 aliphatic heterocycles. The molecule has 0 saturated carbocycles. The predicted octanol–water partition coefficient (Wildman–Crippen LogP) is 1.55. The minimum Gasteiger partial charge on any atom is -0.321 e. The number of pyridine rings is 1. The van der Waals surface area contributed by atoms with Gasteiger partial charge in [0.05, 0.1) is 28.6 Å². The average Bonchev–Trinajstić information content (AvgIpc) is 2.96. The van der Waals surface area contributed by atoms with Gasteiger partial charge in [-0.15, -0.1) is 0 Å². The molecule has 1 amide bonds. The highest BCUT2D eigenvalue weighted by Gasteiger charge is 2.13. The quantitative estimate of drug-likeness (QED) is 0.525. The first-order chi connectivity index (χ1) is 13.4. The van der Waals surface area contributed by atoms with E-state index in [1.807, 2.05) is 20.0 Å². The summed E-state index contributed by atoms with van der Waals surface area (Å²) in [5, 5.41) is 7.98. The van der Waals surface area contributed by atoms with E-state index in [0.29, 0.717) is 28.8 Å². The standard InChI is InChI=1S/C19H18N6O3/c1-4-25-15-6-5-11(7-14(15)22-18(27)19(25)28)17(26)21-12-8-13-10(2)23-24(3)16(13)20-9-12/h5-9H,4H2,1-3H3,(H,21,26)(H,22,27). The van der Waals surface area contributed by atoms with E-state index >= 15 is 0 Å². The fourth-order valence-electron chi connectivity index (χ4n) is 3.31. The number of carbonyl (C=O) groups is 1. The van der Waals surface area contributed by atoms with Gasteiger partial charge in [-0.05, 0) is 38.1 Å². The van der Waals surface area contributed by atoms with Gasteiger partial charge in [-0.3, -0.25) is 19.1 Å². The van der Waals surface area contributed by atoms with E-state index in [0.717, 1.165) is 16.7 Å². The van der Waals surface area contributed by atoms with Gasteiger partial charge in [0.25, 0.3) is 5.91 Å². The van der Waals surface area contributed by atoms with Crippen molar-refractivity contribution in [3.05, 3.63) is 62.4 Å². The number of nitrogens with zero attached hydrogens (tertiary/aromatic N) is 4. The van der Waals surface area contributed by atoms with Crippen LogP contribution < -0.4 is 16.4 Å². The molecule has 0 saturated heterocycles. The summed E-state index contributed by atoms with van der Waals surface area (Å²) < 4.78 is 3.06. The lowest BCUT2D eigenvalue weighted by Gasteiger charge is -2.09. The van der Waals surface area contributed by atoms with Gasteiger partial charge in [0.1, 0.15) is 0 Å². The van der Waals surface area contributed by atoms with Crippen LogP contribution in [0.5, 0.6) is 0 Å². The zero-order valence-electron chi connectivity index (χ0n) is 15.6. The Labute approximate surface area is 158 Å². The van der Waals surface area contributed by atoms with Crippen LogP contribution in [0, 0.1) is 6.92 Å². The van der Waals surface area contributed by atoms with Crippen LogP contribution in [0.2, 0.25) is 0 Å². The molecule has 4 rings (SSSR count). The van der Waals surface area contributed by atoms with Gasteiger partial charge in [0.2, 0.25) is 0 Å². The van der Waals surface area contributed by atoms with Gasteiger partial charge in [-0.2, -0.15) is 5.10 Å². The zero-order valence-corrected chi connectivity index (χ0v) is 15.6. The molecule has 1 aromatic carbocycles. The highest BCUT2D eigenvalue weighted by Crippen LogP contribution is 2.20. The summed E-state index contributed by atoms with van der Waals surface area (Å²) >= 11 is 0. The molecule has 142 valence electrons. The van der Waals surface area contributed by atoms with E-state index < -0.39 is 11.1 Å². The van der Waals surface area contributed by atoms with E-state index in [9.17, 15) is 14.4 Å². The molecule has 0 radical (unpaired) electrons. The highest BCUT2D eigenvalue weighted by atomic mass is 16.2. The summed E-state index contributed by atoms with van der Waals surface area (Å²) in [6, 6.07) is 6.64. The molecule has 9 heteroatoms. The van der Waals surface area contributed by atoms with Crippen molar-refractivity contribution in [2.24, 2.45) is 7.05 Å². The smallest absolute Gasteiger partial charge is 0.316 e. The third kappa shape index (κ3) is 2.77. The monoisotopic (exact) mass is 378 g/mol. The number of carbonyl (C=O) groups excluding carboxylic acids is 1. The van der Waals surface area contributed by atoms with Crippen molar-refractivity contribution < 1.29 is 4.79 Å². The fraction of sp³-hybridized carbons (Fsp3) is 0.211. The molecule has 28 heavy (non-hydrogen) atoms. The first-order valence-electron chi connectivity index (χ1n) is 8.76. The van der Waals surface area contributed by atoms with Crippen LogP contribution in [-0.2, 0) is 13.6 Å². The van der Waals surface area contributed by atoms with Gasteiger partial charge in [0.15, 0.2) is 5.65 Å². The van der Waals surface area contributed by atoms with E-state index in [4.69, 9.17) is 0 Å². The number of H-pyrrole nitrogens is 1. The Morgan fingerprint density at radius 1 is 1.25 bits per heavy atom. The van der Waals surface area contributed by atoms with Crippen molar-refractivity contribution >= 4 is 33.7 Å². The maximum absolute atomic E-state index is 12.7. The Balaban J connectivity index is 1.71. The number of benzene rings is 1. The van der Waals surface area contributed by atoms with Crippen molar-refractivity contribution in [2.45, 2.75) is 20.4 Å². The van der Waals surface area contributed by atoms with E-state index in [1.54, 1.807) is 36.0 Å². The third-order valence-electron chi connectivity index (χ3n) is 4.67. The molecule has 0 atom stereocenters. The first kappa shape index (κ1) is 17.7. The SMILES string of the molecule is CCn1c(=O)c(=O)[nH]c2cc(C(=O)Nc3cnc4c(c3)c(C)nn4C)ccc21. The van der Waals surface area contributed by atoms with Gasteiger partial charge in [-0.25, -0.2) is 4.98 Å². The van der Waals surface area contributed by atoms with Crippen LogP contribution in [0.4, 0.5) is 5.69 Å². The Morgan fingerprint density at radius 2 is 2.04 bits per heavy atom. The number of hydrogen-bond acceptors (Lipinski definition) is 5. The van der Waals surface area contributed by atoms with Crippen LogP contribution in [0.25, 0.3) is 22.1 Å². The maximum atomic E-state index is 12.7. The van der Waals surface area contributed by atoms with Crippen LogP contribution in [-0.4, -0.2) is 30.2 Å². The number of anilines is 1. The van der Waals surface area contributed by atoms with Gasteiger partial charge in [0, 0.05) is 24.5 Å². The number of nitrogens with one attached hydrogen (secondary N) is 2. The lowest BCUT2D eigenvalue weighted by molar-refractivity contribution is 0.102. The van der Waals surface area contributed by atoms with Crippen molar-refractivity contribution in [3.8, 4) is 0 Å². The second-order valence-electron chi connectivity index (χ2n) is 6.49. The maximum Gasteiger partial charge on any atom is 0.316 e. The largest absolute Gasteiger partial charge is 0.321 e. The summed E-state index contributed by atoms with van der Waals surface area (Å²) in [6.45, 7) is 4.02. The summed E-state index contributed by atoms with van der Waals surface area (Å²) in [6.07, 6.45) is 1.57. The molecule has 0 unspecified atom stereocenters. The molecule has 0 spiro atoms. The van der Waals surface area contributed by atoms with Crippen molar-refractivity contribution in [2.75, 3.05) is 5.32 Å². The molecular formula is C19H18N6O3. The number of aromatic amines is 1. The molecule has 0 aliphatic rings. The van der Waals surface area contributed by atoms with Crippen LogP contribution in [0.1, 0.15) is 23.0 Å². The van der Waals surface area contributed by atoms with Crippen molar-refractivity contribution in [1.29, 1.82) is 0 Å².